The molecule has 0 saturated carbocycles. The number of rotatable bonds is 11. The highest BCUT2D eigenvalue weighted by atomic mass is 16.5. The van der Waals surface area contributed by atoms with Crippen LogP contribution in [-0.2, 0) is 5.41 Å². The third-order valence-corrected chi connectivity index (χ3v) is 5.97. The first-order chi connectivity index (χ1) is 15.2. The molecular formula is C27H33NO3. The van der Waals surface area contributed by atoms with Crippen molar-refractivity contribution in [1.82, 2.24) is 0 Å². The largest absolute Gasteiger partial charge is 0.493 e. The molecule has 3 aromatic rings. The summed E-state index contributed by atoms with van der Waals surface area (Å²) in [5.41, 5.74) is 7.78. The van der Waals surface area contributed by atoms with Crippen LogP contribution < -0.4 is 15.2 Å². The van der Waals surface area contributed by atoms with E-state index in [1.165, 1.54) is 0 Å². The van der Waals surface area contributed by atoms with Gasteiger partial charge in [-0.2, -0.15) is 0 Å². The molecule has 0 aromatic heterocycles. The van der Waals surface area contributed by atoms with Crippen molar-refractivity contribution in [2.75, 3.05) is 20.8 Å². The van der Waals surface area contributed by atoms with Crippen LogP contribution in [0.2, 0.25) is 0 Å². The first kappa shape index (κ1) is 22.9. The molecule has 0 fully saturated rings. The molecule has 31 heavy (non-hydrogen) atoms. The van der Waals surface area contributed by atoms with Crippen LogP contribution in [0.25, 0.3) is 0 Å². The second-order valence-electron chi connectivity index (χ2n) is 7.73. The van der Waals surface area contributed by atoms with Crippen molar-refractivity contribution in [2.24, 2.45) is 5.73 Å². The van der Waals surface area contributed by atoms with Crippen LogP contribution in [0.15, 0.2) is 78.9 Å². The van der Waals surface area contributed by atoms with Crippen LogP contribution in [0.1, 0.15) is 42.4 Å². The molecule has 0 saturated heterocycles. The number of aliphatic hydroxyl groups excluding tert-OH is 1. The maximum absolute atomic E-state index is 11.9. The summed E-state index contributed by atoms with van der Waals surface area (Å²) in [5.74, 6) is 1.28. The fourth-order valence-electron chi connectivity index (χ4n) is 4.52. The second kappa shape index (κ2) is 11.0. The molecular weight excluding hydrogens is 386 g/mol. The van der Waals surface area contributed by atoms with Crippen molar-refractivity contribution in [3.05, 3.63) is 95.6 Å². The zero-order valence-corrected chi connectivity index (χ0v) is 18.5. The molecule has 0 aliphatic carbocycles. The molecule has 1 unspecified atom stereocenters. The number of methoxy groups -OCH3 is 2. The van der Waals surface area contributed by atoms with E-state index in [0.29, 0.717) is 24.5 Å². The van der Waals surface area contributed by atoms with Gasteiger partial charge in [0.05, 0.1) is 25.7 Å². The van der Waals surface area contributed by atoms with Crippen LogP contribution in [0.3, 0.4) is 0 Å². The molecule has 3 rings (SSSR count). The fourth-order valence-corrected chi connectivity index (χ4v) is 4.52. The number of ether oxygens (including phenoxy) is 2. The van der Waals surface area contributed by atoms with E-state index in [0.717, 1.165) is 36.0 Å². The molecule has 0 aliphatic rings. The van der Waals surface area contributed by atoms with Crippen LogP contribution in [0, 0.1) is 0 Å². The Hall–Kier alpha value is -2.82. The molecule has 0 bridgehead atoms. The Morgan fingerprint density at radius 3 is 1.90 bits per heavy atom. The highest BCUT2D eigenvalue weighted by Crippen LogP contribution is 2.49. The minimum atomic E-state index is -0.814. The maximum atomic E-state index is 11.9. The first-order valence-corrected chi connectivity index (χ1v) is 10.9. The zero-order valence-electron chi connectivity index (χ0n) is 18.5. The summed E-state index contributed by atoms with van der Waals surface area (Å²) in [6.45, 7) is 0.669. The van der Waals surface area contributed by atoms with Gasteiger partial charge in [-0.25, -0.2) is 0 Å². The number of benzene rings is 3. The van der Waals surface area contributed by atoms with Gasteiger partial charge in [-0.15, -0.1) is 0 Å². The molecule has 164 valence electrons. The third-order valence-electron chi connectivity index (χ3n) is 5.97. The predicted molar refractivity (Wildman–Crippen MR) is 126 cm³/mol. The Morgan fingerprint density at radius 1 is 0.774 bits per heavy atom. The highest BCUT2D eigenvalue weighted by molar-refractivity contribution is 5.60. The molecule has 4 heteroatoms. The van der Waals surface area contributed by atoms with Gasteiger partial charge in [0.2, 0.25) is 0 Å². The molecule has 0 spiro atoms. The van der Waals surface area contributed by atoms with Crippen LogP contribution in [0.4, 0.5) is 0 Å². The van der Waals surface area contributed by atoms with Crippen LogP contribution >= 0.6 is 0 Å². The van der Waals surface area contributed by atoms with E-state index in [-0.39, 0.29) is 0 Å². The van der Waals surface area contributed by atoms with Gasteiger partial charge in [0.15, 0.2) is 11.5 Å². The van der Waals surface area contributed by atoms with E-state index < -0.39 is 11.5 Å². The Balaban J connectivity index is 2.29. The lowest BCUT2D eigenvalue weighted by Gasteiger charge is -2.41. The lowest BCUT2D eigenvalue weighted by molar-refractivity contribution is 0.107. The molecule has 0 heterocycles. The average molecular weight is 420 g/mol. The van der Waals surface area contributed by atoms with E-state index in [2.05, 4.69) is 24.3 Å². The minimum absolute atomic E-state index is 0.638. The summed E-state index contributed by atoms with van der Waals surface area (Å²) < 4.78 is 11.5. The molecule has 0 radical (unpaired) electrons. The Labute approximate surface area is 185 Å². The SMILES string of the molecule is COc1cccc(C(c2ccccc2)(c2ccccc2)C(O)CCCCCN)c1OC. The zero-order chi connectivity index (χ0) is 22.1. The number of hydrogen-bond acceptors (Lipinski definition) is 4. The van der Waals surface area contributed by atoms with Gasteiger partial charge < -0.3 is 20.3 Å². The highest BCUT2D eigenvalue weighted by Gasteiger charge is 2.45. The van der Waals surface area contributed by atoms with Gasteiger partial charge >= 0.3 is 0 Å². The van der Waals surface area contributed by atoms with E-state index >= 15 is 0 Å². The lowest BCUT2D eigenvalue weighted by atomic mass is 9.64. The number of unbranched alkanes of at least 4 members (excludes halogenated alkanes) is 2. The Kier molecular flexibility index (Phi) is 8.10. The predicted octanol–water partition coefficient (Wildman–Crippen LogP) is 4.92. The fraction of sp³-hybridized carbons (Fsp3) is 0.333. The van der Waals surface area contributed by atoms with Crippen molar-refractivity contribution >= 4 is 0 Å². The summed E-state index contributed by atoms with van der Waals surface area (Å²) in [5, 5.41) is 11.9. The molecule has 1 atom stereocenters. The van der Waals surface area contributed by atoms with Gasteiger partial charge in [0.25, 0.3) is 0 Å². The molecule has 4 nitrogen and oxygen atoms in total. The number of nitrogens with two attached hydrogens (primary N) is 1. The van der Waals surface area contributed by atoms with Gasteiger partial charge in [0.1, 0.15) is 0 Å². The first-order valence-electron chi connectivity index (χ1n) is 10.9. The Morgan fingerprint density at radius 2 is 1.39 bits per heavy atom. The molecule has 0 amide bonds. The summed E-state index contributed by atoms with van der Waals surface area (Å²) >= 11 is 0. The topological polar surface area (TPSA) is 64.7 Å². The summed E-state index contributed by atoms with van der Waals surface area (Å²) in [4.78, 5) is 0. The monoisotopic (exact) mass is 419 g/mol. The number of hydrogen-bond donors (Lipinski definition) is 2. The quantitative estimate of drug-likeness (QED) is 0.342. The van der Waals surface area contributed by atoms with Crippen LogP contribution in [-0.4, -0.2) is 32.0 Å². The van der Waals surface area contributed by atoms with E-state index in [9.17, 15) is 5.11 Å². The number of para-hydroxylation sites is 1. The summed E-state index contributed by atoms with van der Waals surface area (Å²) in [7, 11) is 3.29. The van der Waals surface area contributed by atoms with Gasteiger partial charge in [0, 0.05) is 5.56 Å². The number of aliphatic hydroxyl groups is 1. The van der Waals surface area contributed by atoms with Crippen LogP contribution in [0.5, 0.6) is 11.5 Å². The standard InChI is InChI=1S/C27H33NO3/c1-30-24-18-12-17-23(26(24)31-2)27(21-13-6-3-7-14-21,22-15-8-4-9-16-22)25(29)19-10-5-11-20-28/h3-4,6-9,12-18,25,29H,5,10-11,19-20,28H2,1-2H3. The third kappa shape index (κ3) is 4.60. The summed E-state index contributed by atoms with van der Waals surface area (Å²) in [6.07, 6.45) is 2.81. The average Bonchev–Trinajstić information content (AvgIpc) is 2.83. The molecule has 3 aromatic carbocycles. The van der Waals surface area contributed by atoms with Crippen molar-refractivity contribution in [1.29, 1.82) is 0 Å². The van der Waals surface area contributed by atoms with E-state index in [4.69, 9.17) is 15.2 Å². The normalized spacial score (nSPS) is 12.4. The van der Waals surface area contributed by atoms with E-state index in [1.807, 2.05) is 54.6 Å². The van der Waals surface area contributed by atoms with Crippen molar-refractivity contribution in [2.45, 2.75) is 37.2 Å². The van der Waals surface area contributed by atoms with Crippen molar-refractivity contribution in [3.63, 3.8) is 0 Å². The lowest BCUT2D eigenvalue weighted by Crippen LogP contribution is -2.42. The van der Waals surface area contributed by atoms with Crippen molar-refractivity contribution < 1.29 is 14.6 Å². The molecule has 3 N–H and O–H groups in total. The smallest absolute Gasteiger partial charge is 0.165 e. The maximum Gasteiger partial charge on any atom is 0.165 e. The van der Waals surface area contributed by atoms with Gasteiger partial charge in [-0.05, 0) is 36.6 Å². The minimum Gasteiger partial charge on any atom is -0.493 e. The Bertz CT molecular complexity index is 888. The van der Waals surface area contributed by atoms with E-state index in [1.54, 1.807) is 14.2 Å². The second-order valence-corrected chi connectivity index (χ2v) is 7.73. The van der Waals surface area contributed by atoms with Crippen molar-refractivity contribution in [3.8, 4) is 11.5 Å². The van der Waals surface area contributed by atoms with Gasteiger partial charge in [-0.3, -0.25) is 0 Å². The van der Waals surface area contributed by atoms with Gasteiger partial charge in [-0.1, -0.05) is 85.6 Å². The molecule has 0 aliphatic heterocycles. The summed E-state index contributed by atoms with van der Waals surface area (Å²) in [6, 6.07) is 26.2.